The van der Waals surface area contributed by atoms with Crippen molar-refractivity contribution in [3.8, 4) is 11.5 Å². The Kier molecular flexibility index (Phi) is 8.51. The lowest BCUT2D eigenvalue weighted by Gasteiger charge is -2.45. The summed E-state index contributed by atoms with van der Waals surface area (Å²) < 4.78 is 23.2. The molecule has 1 heterocycles. The summed E-state index contributed by atoms with van der Waals surface area (Å²) in [5.41, 5.74) is -0.740. The van der Waals surface area contributed by atoms with Gasteiger partial charge in [0.25, 0.3) is 0 Å². The molecule has 2 atom stereocenters. The number of carbonyl (C=O) groups excluding carboxylic acids is 1. The van der Waals surface area contributed by atoms with Crippen LogP contribution in [-0.2, 0) is 15.9 Å². The van der Waals surface area contributed by atoms with Gasteiger partial charge < -0.3 is 18.9 Å². The van der Waals surface area contributed by atoms with E-state index < -0.39 is 17.3 Å². The predicted molar refractivity (Wildman–Crippen MR) is 143 cm³/mol. The summed E-state index contributed by atoms with van der Waals surface area (Å²) in [6, 6.07) is 5.88. The summed E-state index contributed by atoms with van der Waals surface area (Å²) in [4.78, 5) is 21.0. The van der Waals surface area contributed by atoms with E-state index in [1.807, 2.05) is 43.9 Å². The number of ether oxygens (including phenoxy) is 4. The van der Waals surface area contributed by atoms with Gasteiger partial charge in [-0.2, -0.15) is 0 Å². The first-order valence-corrected chi connectivity index (χ1v) is 13.2. The van der Waals surface area contributed by atoms with Gasteiger partial charge in [-0.3, -0.25) is 4.90 Å². The molecule has 1 aliphatic heterocycles. The Balaban J connectivity index is 2.19. The molecule has 1 aliphatic carbocycles. The van der Waals surface area contributed by atoms with Crippen molar-refractivity contribution in [1.29, 1.82) is 0 Å². The Morgan fingerprint density at radius 3 is 2.00 bits per heavy atom. The van der Waals surface area contributed by atoms with E-state index in [2.05, 4.69) is 20.8 Å². The Labute approximate surface area is 217 Å². The van der Waals surface area contributed by atoms with Crippen LogP contribution >= 0.6 is 0 Å². The van der Waals surface area contributed by atoms with E-state index in [1.54, 1.807) is 21.3 Å². The molecular formula is C29H46N2O5. The van der Waals surface area contributed by atoms with Gasteiger partial charge in [-0.1, -0.05) is 52.9 Å². The van der Waals surface area contributed by atoms with Crippen molar-refractivity contribution >= 4 is 12.0 Å². The van der Waals surface area contributed by atoms with Gasteiger partial charge in [0.1, 0.15) is 28.8 Å². The maximum absolute atomic E-state index is 14.0. The van der Waals surface area contributed by atoms with Crippen molar-refractivity contribution in [2.75, 3.05) is 21.3 Å². The van der Waals surface area contributed by atoms with E-state index in [0.29, 0.717) is 29.7 Å². The molecule has 1 amide bonds. The van der Waals surface area contributed by atoms with Crippen LogP contribution in [0.5, 0.6) is 11.5 Å². The van der Waals surface area contributed by atoms with E-state index in [1.165, 1.54) is 19.3 Å². The summed E-state index contributed by atoms with van der Waals surface area (Å²) in [6.45, 7) is 12.0. The van der Waals surface area contributed by atoms with Crippen LogP contribution in [0.1, 0.15) is 85.6 Å². The maximum Gasteiger partial charge on any atom is 0.412 e. The average molecular weight is 503 g/mol. The lowest BCUT2D eigenvalue weighted by Crippen LogP contribution is -2.61. The van der Waals surface area contributed by atoms with Crippen LogP contribution < -0.4 is 9.47 Å². The third-order valence-corrected chi connectivity index (χ3v) is 7.16. The van der Waals surface area contributed by atoms with Crippen LogP contribution in [0.2, 0.25) is 0 Å². The Morgan fingerprint density at radius 2 is 1.53 bits per heavy atom. The van der Waals surface area contributed by atoms with Gasteiger partial charge in [-0.05, 0) is 50.8 Å². The minimum atomic E-state index is -0.783. The van der Waals surface area contributed by atoms with Crippen molar-refractivity contribution in [3.63, 3.8) is 0 Å². The number of hydrogen-bond donors (Lipinski definition) is 0. The molecule has 0 bridgehead atoms. The average Bonchev–Trinajstić information content (AvgIpc) is 3.12. The Morgan fingerprint density at radius 1 is 0.944 bits per heavy atom. The third-order valence-electron chi connectivity index (χ3n) is 7.16. The van der Waals surface area contributed by atoms with E-state index in [0.717, 1.165) is 24.8 Å². The van der Waals surface area contributed by atoms with Gasteiger partial charge in [0, 0.05) is 17.9 Å². The fourth-order valence-corrected chi connectivity index (χ4v) is 5.63. The van der Waals surface area contributed by atoms with Crippen molar-refractivity contribution in [3.05, 3.63) is 23.8 Å². The van der Waals surface area contributed by atoms with Gasteiger partial charge in [0.2, 0.25) is 5.90 Å². The lowest BCUT2D eigenvalue weighted by molar-refractivity contribution is -0.0207. The highest BCUT2D eigenvalue weighted by Gasteiger charge is 2.58. The highest BCUT2D eigenvalue weighted by Crippen LogP contribution is 2.46. The number of hydrogen-bond acceptors (Lipinski definition) is 6. The standard InChI is InChI=1S/C29H46N2O5/c1-27(2,3)24-30-25(35-9)29(18-20-13-11-10-12-14-20,31(24)26(32)36-28(4,5)6)19-21-15-22(33-7)17-23(16-21)34-8/h15-17,20,24H,10-14,18-19H2,1-9H3/t24-,29+/m0/s1. The third kappa shape index (κ3) is 6.27. The first-order valence-electron chi connectivity index (χ1n) is 13.2. The minimum Gasteiger partial charge on any atom is -0.497 e. The topological polar surface area (TPSA) is 69.6 Å². The number of rotatable bonds is 6. The highest BCUT2D eigenvalue weighted by atomic mass is 16.6. The monoisotopic (exact) mass is 502 g/mol. The van der Waals surface area contributed by atoms with Crippen molar-refractivity contribution < 1.29 is 23.7 Å². The second-order valence-electron chi connectivity index (χ2n) is 12.4. The zero-order valence-corrected chi connectivity index (χ0v) is 23.8. The molecular weight excluding hydrogens is 456 g/mol. The van der Waals surface area contributed by atoms with Crippen molar-refractivity contribution in [1.82, 2.24) is 4.90 Å². The minimum absolute atomic E-state index is 0.318. The zero-order valence-electron chi connectivity index (χ0n) is 23.8. The summed E-state index contributed by atoms with van der Waals surface area (Å²) in [5.74, 6) is 2.49. The first kappa shape index (κ1) is 28.1. The molecule has 0 radical (unpaired) electrons. The maximum atomic E-state index is 14.0. The molecule has 1 aromatic carbocycles. The van der Waals surface area contributed by atoms with Crippen LogP contribution in [-0.4, -0.2) is 55.5 Å². The van der Waals surface area contributed by atoms with Crippen LogP contribution in [0.25, 0.3) is 0 Å². The Bertz CT molecular complexity index is 918. The van der Waals surface area contributed by atoms with Crippen molar-refractivity contribution in [2.45, 2.75) is 104 Å². The van der Waals surface area contributed by atoms with Gasteiger partial charge >= 0.3 is 6.09 Å². The molecule has 36 heavy (non-hydrogen) atoms. The zero-order chi connectivity index (χ0) is 26.7. The first-order chi connectivity index (χ1) is 16.8. The highest BCUT2D eigenvalue weighted by molar-refractivity contribution is 5.93. The number of carbonyl (C=O) groups is 1. The molecule has 7 nitrogen and oxygen atoms in total. The molecule has 2 aliphatic rings. The number of nitrogens with zero attached hydrogens (tertiary/aromatic N) is 2. The summed E-state index contributed by atoms with van der Waals surface area (Å²) >= 11 is 0. The second kappa shape index (κ2) is 10.9. The summed E-state index contributed by atoms with van der Waals surface area (Å²) in [6.07, 6.45) is 6.49. The molecule has 1 saturated carbocycles. The van der Waals surface area contributed by atoms with E-state index in [4.69, 9.17) is 23.9 Å². The second-order valence-corrected chi connectivity index (χ2v) is 12.4. The molecule has 1 fully saturated rings. The fourth-order valence-electron chi connectivity index (χ4n) is 5.63. The van der Waals surface area contributed by atoms with E-state index in [9.17, 15) is 4.79 Å². The molecule has 1 aromatic rings. The molecule has 3 rings (SSSR count). The van der Waals surface area contributed by atoms with Crippen LogP contribution in [0.3, 0.4) is 0 Å². The smallest absolute Gasteiger partial charge is 0.412 e. The van der Waals surface area contributed by atoms with Crippen LogP contribution in [0.15, 0.2) is 23.2 Å². The Hall–Kier alpha value is -2.44. The predicted octanol–water partition coefficient (Wildman–Crippen LogP) is 6.62. The lowest BCUT2D eigenvalue weighted by atomic mass is 9.75. The molecule has 0 unspecified atom stereocenters. The SMILES string of the molecule is COC1=N[C@H](C(C)(C)C)N(C(=O)OC(C)(C)C)[C@@]1(Cc1cc(OC)cc(OC)c1)CC1CCCCC1. The summed E-state index contributed by atoms with van der Waals surface area (Å²) in [7, 11) is 4.96. The molecule has 202 valence electrons. The number of methoxy groups -OCH3 is 3. The van der Waals surface area contributed by atoms with Crippen LogP contribution in [0.4, 0.5) is 4.79 Å². The fraction of sp³-hybridized carbons (Fsp3) is 0.724. The molecule has 0 spiro atoms. The number of benzene rings is 1. The number of aliphatic imine (C=N–C) groups is 1. The largest absolute Gasteiger partial charge is 0.497 e. The van der Waals surface area contributed by atoms with Gasteiger partial charge in [-0.25, -0.2) is 9.79 Å². The van der Waals surface area contributed by atoms with Gasteiger partial charge in [-0.15, -0.1) is 0 Å². The van der Waals surface area contributed by atoms with Gasteiger partial charge in [0.15, 0.2) is 0 Å². The molecule has 0 N–H and O–H groups in total. The summed E-state index contributed by atoms with van der Waals surface area (Å²) in [5, 5.41) is 0. The van der Waals surface area contributed by atoms with E-state index >= 15 is 0 Å². The molecule has 0 saturated heterocycles. The van der Waals surface area contributed by atoms with E-state index in [-0.39, 0.29) is 11.5 Å². The quantitative estimate of drug-likeness (QED) is 0.437. The van der Waals surface area contributed by atoms with Crippen molar-refractivity contribution in [2.24, 2.45) is 16.3 Å². The molecule has 0 aromatic heterocycles. The number of amides is 1. The normalized spacial score (nSPS) is 23.3. The van der Waals surface area contributed by atoms with Crippen LogP contribution in [0, 0.1) is 11.3 Å². The van der Waals surface area contributed by atoms with Gasteiger partial charge in [0.05, 0.1) is 21.3 Å². The molecule has 7 heteroatoms.